The first-order chi connectivity index (χ1) is 11.0. The molecule has 2 aromatic heterocycles. The third-order valence-corrected chi connectivity index (χ3v) is 3.59. The molecule has 0 amide bonds. The zero-order valence-corrected chi connectivity index (χ0v) is 13.4. The van der Waals surface area contributed by atoms with Crippen LogP contribution in [0, 0.1) is 13.8 Å². The molecule has 0 saturated heterocycles. The van der Waals surface area contributed by atoms with E-state index in [2.05, 4.69) is 16.5 Å². The number of hydrogen-bond donors (Lipinski definition) is 1. The first-order valence-electron chi connectivity index (χ1n) is 7.36. The van der Waals surface area contributed by atoms with Gasteiger partial charge in [-0.15, -0.1) is 0 Å². The smallest absolute Gasteiger partial charge is 0.219 e. The summed E-state index contributed by atoms with van der Waals surface area (Å²) in [5, 5.41) is 11.0. The zero-order valence-electron chi connectivity index (χ0n) is 13.4. The van der Waals surface area contributed by atoms with Gasteiger partial charge in [-0.2, -0.15) is 0 Å². The van der Waals surface area contributed by atoms with Crippen LogP contribution in [0.25, 0.3) is 16.5 Å². The summed E-state index contributed by atoms with van der Waals surface area (Å²) in [6, 6.07) is 11.3. The maximum atomic E-state index is 10.4. The molecule has 0 spiro atoms. The number of pyridine rings is 2. The molecule has 116 valence electrons. The summed E-state index contributed by atoms with van der Waals surface area (Å²) in [7, 11) is 0. The largest absolute Gasteiger partial charge is 0.505 e. The van der Waals surface area contributed by atoms with Crippen molar-refractivity contribution in [2.24, 2.45) is 0 Å². The van der Waals surface area contributed by atoms with Crippen LogP contribution in [-0.4, -0.2) is 15.1 Å². The van der Waals surface area contributed by atoms with Crippen LogP contribution < -0.4 is 4.74 Å². The van der Waals surface area contributed by atoms with Crippen LogP contribution in [0.4, 0.5) is 0 Å². The second-order valence-electron chi connectivity index (χ2n) is 5.64. The van der Waals surface area contributed by atoms with Crippen molar-refractivity contribution in [3.8, 4) is 17.4 Å². The van der Waals surface area contributed by atoms with E-state index in [1.807, 2.05) is 45.0 Å². The molecule has 4 heteroatoms. The quantitative estimate of drug-likeness (QED) is 0.756. The molecule has 2 heterocycles. The van der Waals surface area contributed by atoms with E-state index in [4.69, 9.17) is 4.74 Å². The van der Waals surface area contributed by atoms with E-state index in [0.717, 1.165) is 17.0 Å². The van der Waals surface area contributed by atoms with Gasteiger partial charge in [0.05, 0.1) is 11.2 Å². The molecule has 0 aliphatic heterocycles. The molecule has 0 fully saturated rings. The van der Waals surface area contributed by atoms with E-state index < -0.39 is 0 Å². The predicted molar refractivity (Wildman–Crippen MR) is 91.9 cm³/mol. The van der Waals surface area contributed by atoms with Gasteiger partial charge >= 0.3 is 0 Å². The van der Waals surface area contributed by atoms with E-state index in [9.17, 15) is 5.11 Å². The fourth-order valence-electron chi connectivity index (χ4n) is 2.46. The number of ether oxygens (including phenoxy) is 1. The van der Waals surface area contributed by atoms with E-state index in [1.54, 1.807) is 12.1 Å². The number of fused-ring (bicyclic) bond motifs is 1. The number of aryl methyl sites for hydroxylation is 2. The van der Waals surface area contributed by atoms with Crippen LogP contribution in [0.1, 0.15) is 23.9 Å². The van der Waals surface area contributed by atoms with Crippen LogP contribution in [0.15, 0.2) is 43.0 Å². The first-order valence-corrected chi connectivity index (χ1v) is 7.36. The number of nitrogens with zero attached hydrogens (tertiary/aromatic N) is 2. The fourth-order valence-corrected chi connectivity index (χ4v) is 2.46. The van der Waals surface area contributed by atoms with Gasteiger partial charge in [-0.1, -0.05) is 18.7 Å². The molecule has 3 rings (SSSR count). The van der Waals surface area contributed by atoms with Gasteiger partial charge in [0.25, 0.3) is 0 Å². The SMILES string of the molecule is C=C(C)c1nc(C)c2nc(Oc3cccc(C)c3)ccc2c1O. The minimum atomic E-state index is 0.104. The van der Waals surface area contributed by atoms with Crippen LogP contribution in [0.3, 0.4) is 0 Å². The normalized spacial score (nSPS) is 10.7. The Labute approximate surface area is 135 Å². The standard InChI is InChI=1S/C19H18N2O2/c1-11(2)17-19(22)15-8-9-16(21-18(15)13(4)20-17)23-14-7-5-6-12(3)10-14/h5-10,22H,1H2,2-4H3. The Hall–Kier alpha value is -2.88. The van der Waals surface area contributed by atoms with Crippen LogP contribution in [-0.2, 0) is 0 Å². The molecule has 0 aliphatic carbocycles. The van der Waals surface area contributed by atoms with Crippen molar-refractivity contribution in [1.29, 1.82) is 0 Å². The molecule has 0 unspecified atom stereocenters. The molecule has 0 atom stereocenters. The number of hydrogen-bond acceptors (Lipinski definition) is 4. The molecule has 0 radical (unpaired) electrons. The number of benzene rings is 1. The Morgan fingerprint density at radius 1 is 1.13 bits per heavy atom. The second-order valence-corrected chi connectivity index (χ2v) is 5.64. The van der Waals surface area contributed by atoms with Gasteiger partial charge in [0.1, 0.15) is 11.4 Å². The van der Waals surface area contributed by atoms with Gasteiger partial charge in [-0.3, -0.25) is 0 Å². The topological polar surface area (TPSA) is 55.2 Å². The predicted octanol–water partition coefficient (Wildman–Crippen LogP) is 4.78. The number of aromatic nitrogens is 2. The van der Waals surface area contributed by atoms with Crippen LogP contribution in [0.5, 0.6) is 17.4 Å². The molecule has 4 nitrogen and oxygen atoms in total. The third-order valence-electron chi connectivity index (χ3n) is 3.59. The summed E-state index contributed by atoms with van der Waals surface area (Å²) in [6.45, 7) is 9.53. The molecular weight excluding hydrogens is 288 g/mol. The van der Waals surface area contributed by atoms with Crippen LogP contribution >= 0.6 is 0 Å². The van der Waals surface area contributed by atoms with Crippen molar-refractivity contribution in [2.75, 3.05) is 0 Å². The monoisotopic (exact) mass is 306 g/mol. The van der Waals surface area contributed by atoms with Crippen molar-refractivity contribution in [3.05, 3.63) is 59.9 Å². The lowest BCUT2D eigenvalue weighted by molar-refractivity contribution is 0.463. The second kappa shape index (κ2) is 5.72. The number of allylic oxidation sites excluding steroid dienone is 1. The fraction of sp³-hybridized carbons (Fsp3) is 0.158. The van der Waals surface area contributed by atoms with Gasteiger partial charge in [-0.05, 0) is 50.1 Å². The van der Waals surface area contributed by atoms with Crippen molar-refractivity contribution >= 4 is 16.5 Å². The van der Waals surface area contributed by atoms with Crippen molar-refractivity contribution in [3.63, 3.8) is 0 Å². The summed E-state index contributed by atoms with van der Waals surface area (Å²) in [5.74, 6) is 1.30. The highest BCUT2D eigenvalue weighted by atomic mass is 16.5. The van der Waals surface area contributed by atoms with Gasteiger partial charge in [0, 0.05) is 11.5 Å². The maximum absolute atomic E-state index is 10.4. The maximum Gasteiger partial charge on any atom is 0.219 e. The average molecular weight is 306 g/mol. The van der Waals surface area contributed by atoms with E-state index in [-0.39, 0.29) is 5.75 Å². The summed E-state index contributed by atoms with van der Waals surface area (Å²) in [6.07, 6.45) is 0. The molecular formula is C19H18N2O2. The molecule has 1 N–H and O–H groups in total. The van der Waals surface area contributed by atoms with Crippen molar-refractivity contribution < 1.29 is 9.84 Å². The van der Waals surface area contributed by atoms with Crippen molar-refractivity contribution in [1.82, 2.24) is 9.97 Å². The highest BCUT2D eigenvalue weighted by Crippen LogP contribution is 2.33. The Morgan fingerprint density at radius 2 is 1.91 bits per heavy atom. The number of rotatable bonds is 3. The highest BCUT2D eigenvalue weighted by molar-refractivity contribution is 5.90. The molecule has 3 aromatic rings. The molecule has 23 heavy (non-hydrogen) atoms. The summed E-state index contributed by atoms with van der Waals surface area (Å²) in [5.41, 5.74) is 3.68. The summed E-state index contributed by atoms with van der Waals surface area (Å²) < 4.78 is 5.80. The first kappa shape index (κ1) is 15.0. The Balaban J connectivity index is 2.07. The molecule has 0 aliphatic rings. The Kier molecular flexibility index (Phi) is 3.74. The Bertz CT molecular complexity index is 917. The average Bonchev–Trinajstić information content (AvgIpc) is 2.50. The minimum absolute atomic E-state index is 0.104. The molecule has 1 aromatic carbocycles. The number of aromatic hydroxyl groups is 1. The van der Waals surface area contributed by atoms with E-state index >= 15 is 0 Å². The minimum Gasteiger partial charge on any atom is -0.505 e. The van der Waals surface area contributed by atoms with Crippen LogP contribution in [0.2, 0.25) is 0 Å². The molecule has 0 bridgehead atoms. The lowest BCUT2D eigenvalue weighted by Crippen LogP contribution is -1.96. The van der Waals surface area contributed by atoms with E-state index in [0.29, 0.717) is 28.0 Å². The van der Waals surface area contributed by atoms with Gasteiger partial charge in [0.2, 0.25) is 5.88 Å². The van der Waals surface area contributed by atoms with Crippen molar-refractivity contribution in [2.45, 2.75) is 20.8 Å². The third kappa shape index (κ3) is 2.88. The highest BCUT2D eigenvalue weighted by Gasteiger charge is 2.14. The van der Waals surface area contributed by atoms with Gasteiger partial charge in [-0.25, -0.2) is 9.97 Å². The lowest BCUT2D eigenvalue weighted by atomic mass is 10.1. The summed E-state index contributed by atoms with van der Waals surface area (Å²) in [4.78, 5) is 8.88. The summed E-state index contributed by atoms with van der Waals surface area (Å²) >= 11 is 0. The Morgan fingerprint density at radius 3 is 2.61 bits per heavy atom. The van der Waals surface area contributed by atoms with Gasteiger partial charge in [0.15, 0.2) is 5.75 Å². The van der Waals surface area contributed by atoms with E-state index in [1.165, 1.54) is 0 Å². The van der Waals surface area contributed by atoms with Gasteiger partial charge < -0.3 is 9.84 Å². The zero-order chi connectivity index (χ0) is 16.6. The molecule has 0 saturated carbocycles. The lowest BCUT2D eigenvalue weighted by Gasteiger charge is -2.11.